The number of hydrazone groups is 1. The standard InChI is InChI=1S/C25H22BrN3O5/c1-13(30)29-25(19-10-16(26)11-22(32-3)23(19)33-14(2)31)34-24(28-29)18-12-21(15-8-9-15)27-20-7-5-4-6-17(18)20/h4-7,10-12,15,25H,8-9H2,1-3H3/t25-/m1/s1. The lowest BCUT2D eigenvalue weighted by atomic mass is 10.1. The maximum atomic E-state index is 12.6. The molecule has 3 aromatic rings. The van der Waals surface area contributed by atoms with Crippen molar-refractivity contribution in [2.75, 3.05) is 7.11 Å². The lowest BCUT2D eigenvalue weighted by molar-refractivity contribution is -0.135. The third-order valence-electron chi connectivity index (χ3n) is 5.71. The number of methoxy groups -OCH3 is 1. The molecule has 174 valence electrons. The number of pyridine rings is 1. The van der Waals surface area contributed by atoms with Crippen LogP contribution in [-0.4, -0.2) is 34.9 Å². The molecule has 1 amide bonds. The quantitative estimate of drug-likeness (QED) is 0.343. The molecule has 2 aromatic carbocycles. The maximum absolute atomic E-state index is 12.6. The first-order chi connectivity index (χ1) is 16.4. The lowest BCUT2D eigenvalue weighted by Gasteiger charge is -2.23. The van der Waals surface area contributed by atoms with Crippen LogP contribution in [0.2, 0.25) is 0 Å². The average Bonchev–Trinajstić information content (AvgIpc) is 3.57. The molecule has 1 aliphatic carbocycles. The van der Waals surface area contributed by atoms with Gasteiger partial charge in [-0.3, -0.25) is 14.6 Å². The molecule has 0 radical (unpaired) electrons. The second-order valence-electron chi connectivity index (χ2n) is 8.25. The van der Waals surface area contributed by atoms with Crippen molar-refractivity contribution in [1.29, 1.82) is 0 Å². The number of hydrogen-bond donors (Lipinski definition) is 0. The highest BCUT2D eigenvalue weighted by atomic mass is 79.9. The summed E-state index contributed by atoms with van der Waals surface area (Å²) < 4.78 is 17.9. The number of rotatable bonds is 5. The van der Waals surface area contributed by atoms with E-state index in [-0.39, 0.29) is 11.7 Å². The number of amides is 1. The number of halogens is 1. The Morgan fingerprint density at radius 2 is 1.91 bits per heavy atom. The van der Waals surface area contributed by atoms with Crippen molar-refractivity contribution < 1.29 is 23.8 Å². The van der Waals surface area contributed by atoms with Crippen molar-refractivity contribution in [3.8, 4) is 11.5 Å². The summed E-state index contributed by atoms with van der Waals surface area (Å²) >= 11 is 3.46. The molecule has 34 heavy (non-hydrogen) atoms. The van der Waals surface area contributed by atoms with E-state index in [4.69, 9.17) is 19.2 Å². The Morgan fingerprint density at radius 1 is 1.15 bits per heavy atom. The zero-order chi connectivity index (χ0) is 24.0. The molecule has 1 aromatic heterocycles. The Hall–Kier alpha value is -3.46. The summed E-state index contributed by atoms with van der Waals surface area (Å²) in [6.45, 7) is 2.71. The molecule has 1 saturated carbocycles. The number of hydrogen-bond acceptors (Lipinski definition) is 7. The van der Waals surface area contributed by atoms with Crippen molar-refractivity contribution in [3.05, 3.63) is 63.8 Å². The van der Waals surface area contributed by atoms with E-state index in [1.54, 1.807) is 12.1 Å². The van der Waals surface area contributed by atoms with Gasteiger partial charge < -0.3 is 14.2 Å². The molecule has 0 bridgehead atoms. The lowest BCUT2D eigenvalue weighted by Crippen LogP contribution is -2.26. The molecule has 1 fully saturated rings. The third kappa shape index (κ3) is 4.11. The molecule has 2 aliphatic rings. The molecule has 5 rings (SSSR count). The number of nitrogens with zero attached hydrogens (tertiary/aromatic N) is 3. The highest BCUT2D eigenvalue weighted by Crippen LogP contribution is 2.44. The number of esters is 1. The van der Waals surface area contributed by atoms with Gasteiger partial charge in [0.1, 0.15) is 0 Å². The van der Waals surface area contributed by atoms with Crippen molar-refractivity contribution >= 4 is 44.6 Å². The predicted molar refractivity (Wildman–Crippen MR) is 129 cm³/mol. The fraction of sp³-hybridized carbons (Fsp3) is 0.280. The van der Waals surface area contributed by atoms with Gasteiger partial charge in [-0.1, -0.05) is 34.1 Å². The van der Waals surface area contributed by atoms with Gasteiger partial charge in [-0.25, -0.2) is 0 Å². The Bertz CT molecular complexity index is 1350. The molecule has 2 heterocycles. The van der Waals surface area contributed by atoms with Crippen molar-refractivity contribution in [3.63, 3.8) is 0 Å². The Labute approximate surface area is 204 Å². The van der Waals surface area contributed by atoms with E-state index < -0.39 is 12.2 Å². The summed E-state index contributed by atoms with van der Waals surface area (Å²) in [5, 5.41) is 6.67. The van der Waals surface area contributed by atoms with Crippen LogP contribution < -0.4 is 9.47 Å². The van der Waals surface area contributed by atoms with Crippen LogP contribution in [0.4, 0.5) is 0 Å². The Morgan fingerprint density at radius 3 is 2.59 bits per heavy atom. The van der Waals surface area contributed by atoms with Crippen LogP contribution in [0, 0.1) is 0 Å². The molecule has 9 heteroatoms. The first-order valence-electron chi connectivity index (χ1n) is 10.9. The first-order valence-corrected chi connectivity index (χ1v) is 11.7. The fourth-order valence-corrected chi connectivity index (χ4v) is 4.47. The van der Waals surface area contributed by atoms with E-state index in [2.05, 4.69) is 21.0 Å². The normalized spacial score (nSPS) is 17.4. The van der Waals surface area contributed by atoms with Gasteiger partial charge in [0.2, 0.25) is 18.0 Å². The van der Waals surface area contributed by atoms with Crippen LogP contribution in [0.1, 0.15) is 55.7 Å². The van der Waals surface area contributed by atoms with Crippen LogP contribution in [0.3, 0.4) is 0 Å². The highest BCUT2D eigenvalue weighted by Gasteiger charge is 2.38. The second-order valence-corrected chi connectivity index (χ2v) is 9.16. The number of ether oxygens (including phenoxy) is 3. The number of benzene rings is 2. The Balaban J connectivity index is 1.63. The summed E-state index contributed by atoms with van der Waals surface area (Å²) in [7, 11) is 1.47. The SMILES string of the molecule is COc1cc(Br)cc([C@H]2OC(c3cc(C4CC4)nc4ccccc34)=NN2C(C)=O)c1OC(C)=O. The van der Waals surface area contributed by atoms with Gasteiger partial charge in [-0.05, 0) is 37.1 Å². The summed E-state index contributed by atoms with van der Waals surface area (Å²) in [5.41, 5.74) is 3.02. The van der Waals surface area contributed by atoms with E-state index in [9.17, 15) is 9.59 Å². The van der Waals surface area contributed by atoms with Crippen LogP contribution in [0.5, 0.6) is 11.5 Å². The minimum Gasteiger partial charge on any atom is -0.493 e. The van der Waals surface area contributed by atoms with Gasteiger partial charge in [0.25, 0.3) is 0 Å². The van der Waals surface area contributed by atoms with E-state index in [1.807, 2.05) is 30.3 Å². The largest absolute Gasteiger partial charge is 0.493 e. The zero-order valence-corrected chi connectivity index (χ0v) is 20.5. The molecular formula is C25H22BrN3O5. The highest BCUT2D eigenvalue weighted by molar-refractivity contribution is 9.10. The van der Waals surface area contributed by atoms with E-state index in [0.717, 1.165) is 35.0 Å². The topological polar surface area (TPSA) is 90.3 Å². The van der Waals surface area contributed by atoms with Gasteiger partial charge in [-0.2, -0.15) is 5.01 Å². The van der Waals surface area contributed by atoms with E-state index in [0.29, 0.717) is 27.6 Å². The molecule has 0 N–H and O–H groups in total. The number of aromatic nitrogens is 1. The van der Waals surface area contributed by atoms with E-state index in [1.165, 1.54) is 26.0 Å². The van der Waals surface area contributed by atoms with Crippen LogP contribution >= 0.6 is 15.9 Å². The summed E-state index contributed by atoms with van der Waals surface area (Å²) in [6.07, 6.45) is 1.25. The third-order valence-corrected chi connectivity index (χ3v) is 6.17. The van der Waals surface area contributed by atoms with E-state index >= 15 is 0 Å². The maximum Gasteiger partial charge on any atom is 0.308 e. The predicted octanol–water partition coefficient (Wildman–Crippen LogP) is 5.05. The minimum absolute atomic E-state index is 0.171. The molecule has 0 unspecified atom stereocenters. The molecular weight excluding hydrogens is 502 g/mol. The smallest absolute Gasteiger partial charge is 0.308 e. The number of para-hydroxylation sites is 1. The van der Waals surface area contributed by atoms with Crippen LogP contribution in [-0.2, 0) is 14.3 Å². The monoisotopic (exact) mass is 523 g/mol. The molecule has 8 nitrogen and oxygen atoms in total. The molecule has 1 atom stereocenters. The molecule has 0 spiro atoms. The van der Waals surface area contributed by atoms with Crippen LogP contribution in [0.25, 0.3) is 10.9 Å². The molecule has 1 aliphatic heterocycles. The van der Waals surface area contributed by atoms with Crippen molar-refractivity contribution in [2.24, 2.45) is 5.10 Å². The number of carbonyl (C=O) groups excluding carboxylic acids is 2. The Kier molecular flexibility index (Phi) is 5.73. The van der Waals surface area contributed by atoms with Crippen molar-refractivity contribution in [1.82, 2.24) is 9.99 Å². The van der Waals surface area contributed by atoms with Gasteiger partial charge in [0, 0.05) is 40.9 Å². The molecule has 0 saturated heterocycles. The average molecular weight is 524 g/mol. The van der Waals surface area contributed by atoms with Gasteiger partial charge in [-0.15, -0.1) is 5.10 Å². The number of fused-ring (bicyclic) bond motifs is 1. The second kappa shape index (κ2) is 8.72. The van der Waals surface area contributed by atoms with Gasteiger partial charge in [0.05, 0.1) is 18.2 Å². The zero-order valence-electron chi connectivity index (χ0n) is 18.9. The first kappa shape index (κ1) is 22.3. The summed E-state index contributed by atoms with van der Waals surface area (Å²) in [5.74, 6) is 0.371. The fourth-order valence-electron chi connectivity index (χ4n) is 4.02. The van der Waals surface area contributed by atoms with Crippen LogP contribution in [0.15, 0.2) is 52.0 Å². The summed E-state index contributed by atoms with van der Waals surface area (Å²) in [4.78, 5) is 29.3. The number of carbonyl (C=O) groups is 2. The van der Waals surface area contributed by atoms with Gasteiger partial charge in [0.15, 0.2) is 11.5 Å². The summed E-state index contributed by atoms with van der Waals surface area (Å²) in [6, 6.07) is 13.2. The van der Waals surface area contributed by atoms with Gasteiger partial charge >= 0.3 is 5.97 Å². The minimum atomic E-state index is -0.954. The van der Waals surface area contributed by atoms with Crippen molar-refractivity contribution in [2.45, 2.75) is 38.8 Å².